The minimum atomic E-state index is 0.622. The lowest BCUT2D eigenvalue weighted by atomic mass is 9.98. The number of rotatable bonds is 14. The summed E-state index contributed by atoms with van der Waals surface area (Å²) in [5, 5.41) is 0. The van der Waals surface area contributed by atoms with Crippen LogP contribution in [0.3, 0.4) is 0 Å². The Morgan fingerprint density at radius 3 is 1.74 bits per heavy atom. The molecular formula is C23H40. The summed E-state index contributed by atoms with van der Waals surface area (Å²) in [5.41, 5.74) is 0. The summed E-state index contributed by atoms with van der Waals surface area (Å²) < 4.78 is 0. The highest BCUT2D eigenvalue weighted by Gasteiger charge is 1.99. The van der Waals surface area contributed by atoms with E-state index in [4.69, 9.17) is 0 Å². The van der Waals surface area contributed by atoms with E-state index in [-0.39, 0.29) is 0 Å². The van der Waals surface area contributed by atoms with Crippen molar-refractivity contribution in [2.24, 2.45) is 17.8 Å². The van der Waals surface area contributed by atoms with Gasteiger partial charge in [-0.3, -0.25) is 0 Å². The third-order valence-corrected chi connectivity index (χ3v) is 3.99. The molecule has 0 spiro atoms. The van der Waals surface area contributed by atoms with Crippen LogP contribution in [0.15, 0.2) is 49.1 Å². The molecule has 0 N–H and O–H groups in total. The van der Waals surface area contributed by atoms with Crippen molar-refractivity contribution >= 4 is 0 Å². The van der Waals surface area contributed by atoms with Crippen LogP contribution in [0.25, 0.3) is 0 Å². The predicted molar refractivity (Wildman–Crippen MR) is 108 cm³/mol. The molecule has 0 aromatic heterocycles. The first-order valence-corrected chi connectivity index (χ1v) is 9.63. The van der Waals surface area contributed by atoms with Gasteiger partial charge in [0.15, 0.2) is 0 Å². The van der Waals surface area contributed by atoms with Crippen molar-refractivity contribution in [3.05, 3.63) is 49.1 Å². The maximum absolute atomic E-state index is 3.98. The lowest BCUT2D eigenvalue weighted by molar-refractivity contribution is 0.594. The van der Waals surface area contributed by atoms with Crippen LogP contribution in [-0.2, 0) is 0 Å². The van der Waals surface area contributed by atoms with Crippen LogP contribution in [0.4, 0.5) is 0 Å². The second-order valence-corrected chi connectivity index (χ2v) is 7.40. The first-order chi connectivity index (χ1) is 11.1. The summed E-state index contributed by atoms with van der Waals surface area (Å²) in [6, 6.07) is 0. The Hall–Kier alpha value is -1.04. The minimum Gasteiger partial charge on any atom is -0.103 e. The van der Waals surface area contributed by atoms with E-state index in [1.54, 1.807) is 0 Å². The van der Waals surface area contributed by atoms with Crippen LogP contribution in [0.1, 0.15) is 79.1 Å². The Labute approximate surface area is 146 Å². The molecule has 0 heterocycles. The molecule has 0 rings (SSSR count). The van der Waals surface area contributed by atoms with Crippen LogP contribution >= 0.6 is 0 Å². The van der Waals surface area contributed by atoms with E-state index in [2.05, 4.69) is 76.8 Å². The normalized spacial score (nSPS) is 14.0. The topological polar surface area (TPSA) is 0 Å². The first-order valence-electron chi connectivity index (χ1n) is 9.63. The zero-order chi connectivity index (χ0) is 17.3. The van der Waals surface area contributed by atoms with Crippen molar-refractivity contribution in [1.82, 2.24) is 0 Å². The molecule has 0 bridgehead atoms. The molecule has 0 aliphatic carbocycles. The van der Waals surface area contributed by atoms with Gasteiger partial charge in [-0.25, -0.2) is 0 Å². The van der Waals surface area contributed by atoms with Gasteiger partial charge in [0.1, 0.15) is 0 Å². The molecular weight excluding hydrogens is 276 g/mol. The van der Waals surface area contributed by atoms with Crippen LogP contribution in [0.2, 0.25) is 0 Å². The van der Waals surface area contributed by atoms with E-state index >= 15 is 0 Å². The van der Waals surface area contributed by atoms with Crippen molar-refractivity contribution in [2.45, 2.75) is 79.1 Å². The van der Waals surface area contributed by atoms with Crippen molar-refractivity contribution in [3.8, 4) is 0 Å². The molecule has 0 unspecified atom stereocenters. The van der Waals surface area contributed by atoms with Gasteiger partial charge in [-0.15, -0.1) is 6.58 Å². The Morgan fingerprint density at radius 1 is 0.609 bits per heavy atom. The highest BCUT2D eigenvalue weighted by molar-refractivity contribution is 4.93. The van der Waals surface area contributed by atoms with Gasteiger partial charge < -0.3 is 0 Å². The molecule has 0 heteroatoms. The number of hydrogen-bond donors (Lipinski definition) is 0. The van der Waals surface area contributed by atoms with E-state index in [1.165, 1.54) is 38.5 Å². The van der Waals surface area contributed by atoms with E-state index < -0.39 is 0 Å². The average molecular weight is 317 g/mol. The monoisotopic (exact) mass is 316 g/mol. The Balaban J connectivity index is 3.69. The summed E-state index contributed by atoms with van der Waals surface area (Å²) in [6.07, 6.45) is 25.7. The maximum Gasteiger partial charge on any atom is -0.0199 e. The zero-order valence-electron chi connectivity index (χ0n) is 16.1. The third kappa shape index (κ3) is 17.2. The minimum absolute atomic E-state index is 0.622. The fraction of sp³-hybridized carbons (Fsp3) is 0.652. The van der Waals surface area contributed by atoms with Gasteiger partial charge in [-0.05, 0) is 69.1 Å². The molecule has 0 amide bonds. The quantitative estimate of drug-likeness (QED) is 0.226. The molecule has 23 heavy (non-hydrogen) atoms. The van der Waals surface area contributed by atoms with E-state index in [9.17, 15) is 0 Å². The summed E-state index contributed by atoms with van der Waals surface area (Å²) in [5.74, 6) is 2.20. The smallest absolute Gasteiger partial charge is 0.0199 e. The van der Waals surface area contributed by atoms with Gasteiger partial charge in [0.25, 0.3) is 0 Å². The number of unbranched alkanes of at least 4 members (excludes halogenated alkanes) is 1. The zero-order valence-corrected chi connectivity index (χ0v) is 16.1. The van der Waals surface area contributed by atoms with E-state index in [0.717, 1.165) is 24.7 Å². The lowest BCUT2D eigenvalue weighted by Crippen LogP contribution is -1.93. The van der Waals surface area contributed by atoms with Crippen LogP contribution in [0.5, 0.6) is 0 Å². The summed E-state index contributed by atoms with van der Waals surface area (Å²) in [4.78, 5) is 0. The van der Waals surface area contributed by atoms with Gasteiger partial charge in [0.2, 0.25) is 0 Å². The van der Waals surface area contributed by atoms with Crippen LogP contribution in [-0.4, -0.2) is 0 Å². The molecule has 0 radical (unpaired) electrons. The Bertz CT molecular complexity index is 341. The first kappa shape index (κ1) is 22.0. The SMILES string of the molecule is C=C[C@H](C/C=C/CC/C=C\CCC(C)C)CC/C=C/CC(C)C. The number of allylic oxidation sites excluding steroid dienone is 7. The summed E-state index contributed by atoms with van der Waals surface area (Å²) >= 11 is 0. The summed E-state index contributed by atoms with van der Waals surface area (Å²) in [6.45, 7) is 13.1. The van der Waals surface area contributed by atoms with Gasteiger partial charge in [-0.2, -0.15) is 0 Å². The third-order valence-electron chi connectivity index (χ3n) is 3.99. The standard InChI is InChI=1S/C23H40/c1-6-23(20-16-12-14-18-22(4)5)19-15-11-9-7-8-10-13-17-21(2)3/h6,8,10-12,14-15,21-23H,1,7,9,13,16-20H2,2-5H3/b10-8-,14-12+,15-11+/t23-/m1/s1. The molecule has 0 saturated carbocycles. The molecule has 0 aromatic carbocycles. The van der Waals surface area contributed by atoms with Gasteiger partial charge in [-0.1, -0.05) is 70.2 Å². The fourth-order valence-electron chi connectivity index (χ4n) is 2.38. The molecule has 0 fully saturated rings. The van der Waals surface area contributed by atoms with Crippen molar-refractivity contribution in [3.63, 3.8) is 0 Å². The van der Waals surface area contributed by atoms with E-state index in [1.807, 2.05) is 0 Å². The lowest BCUT2D eigenvalue weighted by Gasteiger charge is -2.07. The van der Waals surface area contributed by atoms with Crippen LogP contribution < -0.4 is 0 Å². The summed E-state index contributed by atoms with van der Waals surface area (Å²) in [7, 11) is 0. The molecule has 132 valence electrons. The highest BCUT2D eigenvalue weighted by atomic mass is 14.0. The average Bonchev–Trinajstić information content (AvgIpc) is 2.50. The molecule has 0 nitrogen and oxygen atoms in total. The predicted octanol–water partition coefficient (Wildman–Crippen LogP) is 7.89. The largest absolute Gasteiger partial charge is 0.103 e. The molecule has 0 aliphatic heterocycles. The molecule has 0 aromatic rings. The Morgan fingerprint density at radius 2 is 1.13 bits per heavy atom. The Kier molecular flexibility index (Phi) is 15.1. The van der Waals surface area contributed by atoms with Crippen molar-refractivity contribution in [1.29, 1.82) is 0 Å². The van der Waals surface area contributed by atoms with Crippen molar-refractivity contribution < 1.29 is 0 Å². The van der Waals surface area contributed by atoms with E-state index in [0.29, 0.717) is 5.92 Å². The van der Waals surface area contributed by atoms with Crippen molar-refractivity contribution in [2.75, 3.05) is 0 Å². The maximum atomic E-state index is 3.98. The molecule has 0 aliphatic rings. The second kappa shape index (κ2) is 15.8. The van der Waals surface area contributed by atoms with Gasteiger partial charge in [0.05, 0.1) is 0 Å². The van der Waals surface area contributed by atoms with Crippen LogP contribution in [0, 0.1) is 17.8 Å². The fourth-order valence-corrected chi connectivity index (χ4v) is 2.38. The highest BCUT2D eigenvalue weighted by Crippen LogP contribution is 2.14. The molecule has 1 atom stereocenters. The van der Waals surface area contributed by atoms with Gasteiger partial charge in [0, 0.05) is 0 Å². The second-order valence-electron chi connectivity index (χ2n) is 7.40. The number of hydrogen-bond acceptors (Lipinski definition) is 0. The molecule has 0 saturated heterocycles. The van der Waals surface area contributed by atoms with Gasteiger partial charge >= 0.3 is 0 Å².